The lowest BCUT2D eigenvalue weighted by Gasteiger charge is -2.17. The monoisotopic (exact) mass is 383 g/mol. The maximum atomic E-state index is 11.9. The van der Waals surface area contributed by atoms with Crippen LogP contribution in [0, 0.1) is 0 Å². The fourth-order valence-corrected chi connectivity index (χ4v) is 3.94. The maximum Gasteiger partial charge on any atom is 0.436 e. The molecule has 136 valence electrons. The number of aliphatic imine (C=N–C) groups is 1. The van der Waals surface area contributed by atoms with Gasteiger partial charge in [0.2, 0.25) is 0 Å². The number of halogens is 1. The second-order valence-corrected chi connectivity index (χ2v) is 7.49. The minimum absolute atomic E-state index is 0.332. The summed E-state index contributed by atoms with van der Waals surface area (Å²) >= 11 is 7.38. The van der Waals surface area contributed by atoms with Gasteiger partial charge in [0.05, 0.1) is 12.7 Å². The van der Waals surface area contributed by atoms with Crippen LogP contribution in [0.15, 0.2) is 23.3 Å². The van der Waals surface area contributed by atoms with Crippen LogP contribution in [0.3, 0.4) is 0 Å². The first kappa shape index (κ1) is 18.5. The Balaban J connectivity index is 1.43. The van der Waals surface area contributed by atoms with Gasteiger partial charge in [-0.3, -0.25) is 0 Å². The van der Waals surface area contributed by atoms with Gasteiger partial charge in [-0.25, -0.2) is 9.78 Å². The number of carbonyl (C=O) groups excluding carboxylic acids is 1. The Morgan fingerprint density at radius 1 is 1.52 bits per heavy atom. The lowest BCUT2D eigenvalue weighted by Crippen LogP contribution is -2.25. The van der Waals surface area contributed by atoms with Gasteiger partial charge in [-0.1, -0.05) is 29.4 Å². The highest BCUT2D eigenvalue weighted by Crippen LogP contribution is 2.21. The van der Waals surface area contributed by atoms with Crippen molar-refractivity contribution in [2.24, 2.45) is 4.99 Å². The number of amidine groups is 1. The second kappa shape index (κ2) is 9.40. The Hall–Kier alpha value is -1.31. The molecule has 2 saturated heterocycles. The minimum Gasteiger partial charge on any atom is -0.448 e. The van der Waals surface area contributed by atoms with E-state index in [1.807, 2.05) is 6.07 Å². The van der Waals surface area contributed by atoms with Crippen LogP contribution < -0.4 is 0 Å². The third kappa shape index (κ3) is 5.87. The fourth-order valence-electron chi connectivity index (χ4n) is 2.86. The third-order valence-corrected chi connectivity index (χ3v) is 5.35. The average molecular weight is 384 g/mol. The molecule has 1 atom stereocenters. The van der Waals surface area contributed by atoms with Crippen molar-refractivity contribution in [1.82, 2.24) is 9.88 Å². The van der Waals surface area contributed by atoms with Crippen molar-refractivity contribution in [2.45, 2.75) is 38.3 Å². The number of carbonyl (C=O) groups is 1. The summed E-state index contributed by atoms with van der Waals surface area (Å²) in [6.45, 7) is 2.75. The third-order valence-electron chi connectivity index (χ3n) is 4.13. The lowest BCUT2D eigenvalue weighted by atomic mass is 10.1. The summed E-state index contributed by atoms with van der Waals surface area (Å²) in [6.07, 6.45) is 5.56. The van der Waals surface area contributed by atoms with Gasteiger partial charge in [0, 0.05) is 31.6 Å². The van der Waals surface area contributed by atoms with Crippen molar-refractivity contribution in [3.63, 3.8) is 0 Å². The van der Waals surface area contributed by atoms with Crippen LogP contribution in [-0.2, 0) is 16.0 Å². The highest BCUT2D eigenvalue weighted by Gasteiger charge is 2.21. The molecule has 0 aliphatic carbocycles. The van der Waals surface area contributed by atoms with E-state index in [1.54, 1.807) is 24.0 Å². The van der Waals surface area contributed by atoms with Crippen molar-refractivity contribution in [2.75, 3.05) is 25.5 Å². The number of amides is 1. The number of pyridine rings is 1. The number of nitrogens with zero attached hydrogens (tertiary/aromatic N) is 3. The molecule has 25 heavy (non-hydrogen) atoms. The molecule has 1 unspecified atom stereocenters. The van der Waals surface area contributed by atoms with Crippen LogP contribution in [0.25, 0.3) is 0 Å². The highest BCUT2D eigenvalue weighted by atomic mass is 35.5. The molecular weight excluding hydrogens is 362 g/mol. The molecule has 8 heteroatoms. The van der Waals surface area contributed by atoms with E-state index in [4.69, 9.17) is 21.1 Å². The first-order chi connectivity index (χ1) is 12.2. The van der Waals surface area contributed by atoms with Crippen LogP contribution >= 0.6 is 23.4 Å². The summed E-state index contributed by atoms with van der Waals surface area (Å²) in [6, 6.07) is 3.69. The van der Waals surface area contributed by atoms with E-state index < -0.39 is 6.09 Å². The number of hydrogen-bond donors (Lipinski definition) is 0. The number of rotatable bonds is 6. The van der Waals surface area contributed by atoms with E-state index in [1.165, 1.54) is 0 Å². The molecule has 1 amide bonds. The Morgan fingerprint density at radius 3 is 3.20 bits per heavy atom. The van der Waals surface area contributed by atoms with Gasteiger partial charge in [-0.05, 0) is 37.3 Å². The van der Waals surface area contributed by atoms with Crippen LogP contribution in [0.2, 0.25) is 5.15 Å². The van der Waals surface area contributed by atoms with Gasteiger partial charge in [-0.15, -0.1) is 0 Å². The molecule has 0 radical (unpaired) electrons. The fraction of sp³-hybridized carbons (Fsp3) is 0.588. The SMILES string of the molecule is O=C(N=C1SCCN1Cc1ccc(Cl)nc1)OCCCC1CCCO1. The molecule has 1 aromatic rings. The summed E-state index contributed by atoms with van der Waals surface area (Å²) in [5.74, 6) is 0.909. The van der Waals surface area contributed by atoms with E-state index in [0.29, 0.717) is 29.6 Å². The van der Waals surface area contributed by atoms with Gasteiger partial charge < -0.3 is 14.4 Å². The number of thioether (sulfide) groups is 1. The summed E-state index contributed by atoms with van der Waals surface area (Å²) in [5.41, 5.74) is 1.03. The predicted molar refractivity (Wildman–Crippen MR) is 99.1 cm³/mol. The summed E-state index contributed by atoms with van der Waals surface area (Å²) in [7, 11) is 0. The van der Waals surface area contributed by atoms with Crippen LogP contribution in [-0.4, -0.2) is 52.8 Å². The lowest BCUT2D eigenvalue weighted by molar-refractivity contribution is 0.0929. The van der Waals surface area contributed by atoms with Crippen LogP contribution in [0.1, 0.15) is 31.2 Å². The smallest absolute Gasteiger partial charge is 0.436 e. The van der Waals surface area contributed by atoms with E-state index in [0.717, 1.165) is 50.2 Å². The minimum atomic E-state index is -0.518. The largest absolute Gasteiger partial charge is 0.448 e. The van der Waals surface area contributed by atoms with E-state index >= 15 is 0 Å². The van der Waals surface area contributed by atoms with Crippen LogP contribution in [0.5, 0.6) is 0 Å². The van der Waals surface area contributed by atoms with Crippen molar-refractivity contribution < 1.29 is 14.3 Å². The average Bonchev–Trinajstić information content (AvgIpc) is 3.26. The Labute approximate surface area is 156 Å². The van der Waals surface area contributed by atoms with E-state index in [2.05, 4.69) is 14.9 Å². The molecular formula is C17H22ClN3O3S. The van der Waals surface area contributed by atoms with Crippen molar-refractivity contribution in [3.8, 4) is 0 Å². The zero-order valence-corrected chi connectivity index (χ0v) is 15.6. The Bertz CT molecular complexity index is 606. The second-order valence-electron chi connectivity index (χ2n) is 6.05. The molecule has 0 spiro atoms. The molecule has 2 aliphatic rings. The Morgan fingerprint density at radius 2 is 2.44 bits per heavy atom. The molecule has 1 aromatic heterocycles. The predicted octanol–water partition coefficient (Wildman–Crippen LogP) is 3.74. The van der Waals surface area contributed by atoms with Crippen molar-refractivity contribution in [3.05, 3.63) is 29.0 Å². The first-order valence-corrected chi connectivity index (χ1v) is 9.92. The van der Waals surface area contributed by atoms with Gasteiger partial charge >= 0.3 is 6.09 Å². The molecule has 0 N–H and O–H groups in total. The topological polar surface area (TPSA) is 64.0 Å². The summed E-state index contributed by atoms with van der Waals surface area (Å²) < 4.78 is 10.8. The molecule has 3 rings (SSSR count). The molecule has 0 aromatic carbocycles. The summed E-state index contributed by atoms with van der Waals surface area (Å²) in [5, 5.41) is 1.18. The molecule has 2 fully saturated rings. The first-order valence-electron chi connectivity index (χ1n) is 8.56. The van der Waals surface area contributed by atoms with Crippen molar-refractivity contribution in [1.29, 1.82) is 0 Å². The zero-order valence-electron chi connectivity index (χ0n) is 14.0. The van der Waals surface area contributed by atoms with Gasteiger partial charge in [0.15, 0.2) is 5.17 Å². The van der Waals surface area contributed by atoms with Crippen molar-refractivity contribution >= 4 is 34.6 Å². The van der Waals surface area contributed by atoms with Crippen LogP contribution in [0.4, 0.5) is 4.79 Å². The quantitative estimate of drug-likeness (QED) is 0.550. The van der Waals surface area contributed by atoms with E-state index in [9.17, 15) is 4.79 Å². The molecule has 0 saturated carbocycles. The highest BCUT2D eigenvalue weighted by molar-refractivity contribution is 8.14. The number of aromatic nitrogens is 1. The molecule has 6 nitrogen and oxygen atoms in total. The summed E-state index contributed by atoms with van der Waals surface area (Å²) in [4.78, 5) is 22.2. The Kier molecular flexibility index (Phi) is 6.95. The molecule has 0 bridgehead atoms. The number of ether oxygens (including phenoxy) is 2. The van der Waals surface area contributed by atoms with Gasteiger partial charge in [0.25, 0.3) is 0 Å². The van der Waals surface area contributed by atoms with Gasteiger partial charge in [0.1, 0.15) is 5.15 Å². The number of hydrogen-bond acceptors (Lipinski definition) is 5. The standard InChI is InChI=1S/C17H22ClN3O3S/c18-15-6-5-13(11-19-15)12-21-7-10-25-16(21)20-17(22)24-9-2-4-14-3-1-8-23-14/h5-6,11,14H,1-4,7-10,12H2. The normalized spacial score (nSPS) is 21.9. The molecule has 2 aliphatic heterocycles. The van der Waals surface area contributed by atoms with Gasteiger partial charge in [-0.2, -0.15) is 4.99 Å². The zero-order chi connectivity index (χ0) is 17.5. The molecule has 3 heterocycles. The maximum absolute atomic E-state index is 11.9. The van der Waals surface area contributed by atoms with E-state index in [-0.39, 0.29) is 0 Å².